The molecule has 1 N–H and O–H groups in total. The number of fused-ring (bicyclic) bond motifs is 1. The lowest BCUT2D eigenvalue weighted by atomic mass is 9.91. The van der Waals surface area contributed by atoms with E-state index in [1.165, 1.54) is 0 Å². The molecule has 186 valence electrons. The number of carbonyl (C=O) groups excluding carboxylic acids is 1. The van der Waals surface area contributed by atoms with Crippen molar-refractivity contribution in [2.75, 3.05) is 26.3 Å². The highest BCUT2D eigenvalue weighted by molar-refractivity contribution is 5.93. The van der Waals surface area contributed by atoms with Crippen LogP contribution < -0.4 is 0 Å². The fourth-order valence-corrected chi connectivity index (χ4v) is 4.09. The van der Waals surface area contributed by atoms with Gasteiger partial charge in [-0.3, -0.25) is 9.78 Å². The molecule has 4 rings (SSSR count). The van der Waals surface area contributed by atoms with Crippen LogP contribution in [-0.2, 0) is 20.9 Å². The first-order chi connectivity index (χ1) is 16.1. The predicted octanol–water partition coefficient (Wildman–Crippen LogP) is 3.62. The molecule has 0 aromatic carbocycles. The standard InChI is InChI=1S/C21H26N2O4.C2HF3O2/c1-14-6-9-26-20(14)21(24)23-10-18-16(12-27-19(18)11-23)7-8-25-13-17-5-3-4-15(2)22-17;3-2(4,5)1(6)7/h3-6,9,16,18-19H,7-8,10-13H2,1-2H3;(H,6,7)/t16-,18-,19-;/m0./s1. The van der Waals surface area contributed by atoms with Crippen molar-refractivity contribution >= 4 is 11.9 Å². The van der Waals surface area contributed by atoms with Gasteiger partial charge in [-0.1, -0.05) is 6.07 Å². The Labute approximate surface area is 194 Å². The second-order valence-corrected chi connectivity index (χ2v) is 8.35. The van der Waals surface area contributed by atoms with E-state index in [1.54, 1.807) is 6.26 Å². The normalized spacial score (nSPS) is 21.7. The van der Waals surface area contributed by atoms with Gasteiger partial charge < -0.3 is 23.9 Å². The molecule has 2 aromatic rings. The topological polar surface area (TPSA) is 102 Å². The van der Waals surface area contributed by atoms with Gasteiger partial charge in [-0.25, -0.2) is 4.79 Å². The maximum Gasteiger partial charge on any atom is 0.490 e. The van der Waals surface area contributed by atoms with Gasteiger partial charge in [0.2, 0.25) is 0 Å². The Hall–Kier alpha value is -2.92. The first-order valence-corrected chi connectivity index (χ1v) is 10.8. The minimum absolute atomic E-state index is 0.0315. The molecule has 4 heterocycles. The molecule has 0 saturated carbocycles. The molecule has 2 saturated heterocycles. The Morgan fingerprint density at radius 1 is 1.24 bits per heavy atom. The number of carbonyl (C=O) groups is 2. The number of halogens is 3. The fourth-order valence-electron chi connectivity index (χ4n) is 4.09. The van der Waals surface area contributed by atoms with E-state index in [9.17, 15) is 18.0 Å². The van der Waals surface area contributed by atoms with Gasteiger partial charge in [-0.15, -0.1) is 0 Å². The van der Waals surface area contributed by atoms with Crippen LogP contribution in [0.25, 0.3) is 0 Å². The van der Waals surface area contributed by atoms with Crippen LogP contribution in [-0.4, -0.2) is 65.5 Å². The van der Waals surface area contributed by atoms with Crippen molar-refractivity contribution in [2.24, 2.45) is 11.8 Å². The van der Waals surface area contributed by atoms with Crippen molar-refractivity contribution in [1.82, 2.24) is 9.88 Å². The van der Waals surface area contributed by atoms with Crippen molar-refractivity contribution in [3.63, 3.8) is 0 Å². The zero-order valence-corrected chi connectivity index (χ0v) is 18.9. The molecule has 0 unspecified atom stereocenters. The lowest BCUT2D eigenvalue weighted by Gasteiger charge is -2.19. The molecule has 1 amide bonds. The highest BCUT2D eigenvalue weighted by atomic mass is 19.4. The second-order valence-electron chi connectivity index (χ2n) is 8.35. The zero-order chi connectivity index (χ0) is 24.9. The highest BCUT2D eigenvalue weighted by Crippen LogP contribution is 2.36. The number of hydrogen-bond donors (Lipinski definition) is 1. The van der Waals surface area contributed by atoms with E-state index in [4.69, 9.17) is 23.8 Å². The average Bonchev–Trinajstić information content (AvgIpc) is 3.47. The SMILES string of the molecule is Cc1cccc(COCC[C@H]2CO[C@H]3CN(C(=O)c4occc4C)C[C@@H]23)n1.O=C(O)C(F)(F)F. The van der Waals surface area contributed by atoms with Crippen molar-refractivity contribution in [2.45, 2.75) is 39.2 Å². The molecule has 3 atom stereocenters. The lowest BCUT2D eigenvalue weighted by Crippen LogP contribution is -2.31. The number of alkyl halides is 3. The van der Waals surface area contributed by atoms with Gasteiger partial charge in [0.05, 0.1) is 31.3 Å². The number of hydrogen-bond acceptors (Lipinski definition) is 6. The first kappa shape index (κ1) is 25.7. The van der Waals surface area contributed by atoms with Crippen LogP contribution in [0, 0.1) is 25.7 Å². The predicted molar refractivity (Wildman–Crippen MR) is 113 cm³/mol. The van der Waals surface area contributed by atoms with Gasteiger partial charge in [0.25, 0.3) is 5.91 Å². The Morgan fingerprint density at radius 2 is 1.97 bits per heavy atom. The lowest BCUT2D eigenvalue weighted by molar-refractivity contribution is -0.192. The monoisotopic (exact) mass is 484 g/mol. The molecule has 2 aromatic heterocycles. The third kappa shape index (κ3) is 6.57. The summed E-state index contributed by atoms with van der Waals surface area (Å²) in [5, 5.41) is 7.12. The van der Waals surface area contributed by atoms with E-state index >= 15 is 0 Å². The van der Waals surface area contributed by atoms with Crippen molar-refractivity contribution in [1.29, 1.82) is 0 Å². The summed E-state index contributed by atoms with van der Waals surface area (Å²) in [4.78, 5) is 27.9. The number of aryl methyl sites for hydroxylation is 2. The number of rotatable bonds is 6. The van der Waals surface area contributed by atoms with E-state index in [0.29, 0.717) is 37.4 Å². The van der Waals surface area contributed by atoms with E-state index in [1.807, 2.05) is 43.0 Å². The van der Waals surface area contributed by atoms with E-state index < -0.39 is 12.1 Å². The molecule has 2 aliphatic rings. The minimum Gasteiger partial charge on any atom is -0.475 e. The number of aliphatic carboxylic acids is 1. The number of furan rings is 1. The summed E-state index contributed by atoms with van der Waals surface area (Å²) in [6, 6.07) is 7.79. The van der Waals surface area contributed by atoms with Crippen molar-refractivity contribution in [3.05, 3.63) is 53.2 Å². The van der Waals surface area contributed by atoms with E-state index in [2.05, 4.69) is 4.98 Å². The summed E-state index contributed by atoms with van der Waals surface area (Å²) in [5.41, 5.74) is 2.85. The summed E-state index contributed by atoms with van der Waals surface area (Å²) in [6.45, 7) is 7.22. The maximum absolute atomic E-state index is 12.7. The molecular weight excluding hydrogens is 457 g/mol. The van der Waals surface area contributed by atoms with Crippen LogP contribution in [0.1, 0.15) is 33.9 Å². The van der Waals surface area contributed by atoms with E-state index in [0.717, 1.165) is 36.5 Å². The molecule has 0 bridgehead atoms. The summed E-state index contributed by atoms with van der Waals surface area (Å²) in [5.74, 6) is -1.54. The number of amides is 1. The summed E-state index contributed by atoms with van der Waals surface area (Å²) in [7, 11) is 0. The summed E-state index contributed by atoms with van der Waals surface area (Å²) < 4.78 is 48.9. The summed E-state index contributed by atoms with van der Waals surface area (Å²) in [6.07, 6.45) is -2.44. The largest absolute Gasteiger partial charge is 0.490 e. The number of pyridine rings is 1. The molecule has 11 heteroatoms. The molecule has 0 aliphatic carbocycles. The van der Waals surface area contributed by atoms with Crippen LogP contribution in [0.2, 0.25) is 0 Å². The molecule has 2 fully saturated rings. The fraction of sp³-hybridized carbons (Fsp3) is 0.522. The zero-order valence-electron chi connectivity index (χ0n) is 18.9. The Bertz CT molecular complexity index is 993. The second kappa shape index (κ2) is 11.0. The van der Waals surface area contributed by atoms with Gasteiger partial charge in [-0.05, 0) is 44.4 Å². The Balaban J connectivity index is 0.000000406. The van der Waals surface area contributed by atoms with Gasteiger partial charge in [-0.2, -0.15) is 13.2 Å². The van der Waals surface area contributed by atoms with Crippen LogP contribution in [0.3, 0.4) is 0 Å². The van der Waals surface area contributed by atoms with Crippen LogP contribution >= 0.6 is 0 Å². The quantitative estimate of drug-likeness (QED) is 0.625. The number of likely N-dealkylation sites (tertiary alicyclic amines) is 1. The Morgan fingerprint density at radius 3 is 2.59 bits per heavy atom. The van der Waals surface area contributed by atoms with E-state index in [-0.39, 0.29) is 12.0 Å². The molecule has 0 radical (unpaired) electrons. The van der Waals surface area contributed by atoms with Gasteiger partial charge in [0.1, 0.15) is 0 Å². The number of carboxylic acids is 1. The molecular formula is C23H27F3N2O6. The number of nitrogens with zero attached hydrogens (tertiary/aromatic N) is 2. The smallest absolute Gasteiger partial charge is 0.475 e. The minimum atomic E-state index is -5.08. The first-order valence-electron chi connectivity index (χ1n) is 10.8. The highest BCUT2D eigenvalue weighted by Gasteiger charge is 2.45. The Kier molecular flexibility index (Phi) is 8.32. The number of aromatic nitrogens is 1. The molecule has 2 aliphatic heterocycles. The van der Waals surface area contributed by atoms with Crippen molar-refractivity contribution < 1.29 is 41.8 Å². The van der Waals surface area contributed by atoms with Gasteiger partial charge in [0, 0.05) is 36.9 Å². The third-order valence-corrected chi connectivity index (χ3v) is 5.85. The van der Waals surface area contributed by atoms with Crippen molar-refractivity contribution in [3.8, 4) is 0 Å². The van der Waals surface area contributed by atoms with Gasteiger partial charge >= 0.3 is 12.1 Å². The number of carboxylic acid groups (broad SMARTS) is 1. The number of ether oxygens (including phenoxy) is 2. The average molecular weight is 484 g/mol. The molecule has 0 spiro atoms. The van der Waals surface area contributed by atoms with Crippen LogP contribution in [0.15, 0.2) is 34.9 Å². The van der Waals surface area contributed by atoms with Crippen LogP contribution in [0.5, 0.6) is 0 Å². The van der Waals surface area contributed by atoms with Crippen LogP contribution in [0.4, 0.5) is 13.2 Å². The summed E-state index contributed by atoms with van der Waals surface area (Å²) >= 11 is 0. The molecule has 34 heavy (non-hydrogen) atoms. The maximum atomic E-state index is 12.7. The third-order valence-electron chi connectivity index (χ3n) is 5.85. The van der Waals surface area contributed by atoms with Gasteiger partial charge in [0.15, 0.2) is 5.76 Å². The molecule has 8 nitrogen and oxygen atoms in total.